The number of fused-ring (bicyclic) bond motifs is 6. The lowest BCUT2D eigenvalue weighted by Crippen LogP contribution is -2.17. The number of hydrogen-bond acceptors (Lipinski definition) is 3. The molecule has 45 heavy (non-hydrogen) atoms. The molecule has 0 saturated heterocycles. The highest BCUT2D eigenvalue weighted by Gasteiger charge is 2.35. The van der Waals surface area contributed by atoms with E-state index in [4.69, 9.17) is 0 Å². The number of hydrogen-bond donors (Lipinski definition) is 0. The molecule has 4 heteroatoms. The minimum absolute atomic E-state index is 0.166. The number of benzene rings is 6. The molecular weight excluding hydrogens is 548 g/mol. The van der Waals surface area contributed by atoms with Crippen LogP contribution >= 0.6 is 0 Å². The van der Waals surface area contributed by atoms with Gasteiger partial charge in [0.05, 0.1) is 27.8 Å². The van der Waals surface area contributed by atoms with Gasteiger partial charge in [-0.3, -0.25) is 0 Å². The van der Waals surface area contributed by atoms with E-state index in [-0.39, 0.29) is 5.41 Å². The number of aromatic nitrogens is 1. The van der Waals surface area contributed by atoms with Gasteiger partial charge in [-0.15, -0.1) is 0 Å². The first-order valence-electron chi connectivity index (χ1n) is 15.1. The Kier molecular flexibility index (Phi) is 5.88. The van der Waals surface area contributed by atoms with Gasteiger partial charge in [0.25, 0.3) is 0 Å². The van der Waals surface area contributed by atoms with Gasteiger partial charge < -0.3 is 9.47 Å². The molecule has 1 heterocycles. The summed E-state index contributed by atoms with van der Waals surface area (Å²) in [5, 5.41) is 23.1. The fourth-order valence-corrected chi connectivity index (χ4v) is 7.16. The third kappa shape index (κ3) is 3.90. The molecule has 4 nitrogen and oxygen atoms in total. The second-order valence-corrected chi connectivity index (χ2v) is 12.1. The first-order valence-corrected chi connectivity index (χ1v) is 15.1. The van der Waals surface area contributed by atoms with Crippen LogP contribution in [0.5, 0.6) is 0 Å². The Morgan fingerprint density at radius 2 is 1.18 bits per heavy atom. The van der Waals surface area contributed by atoms with Crippen molar-refractivity contribution in [2.24, 2.45) is 0 Å². The van der Waals surface area contributed by atoms with Crippen molar-refractivity contribution < 1.29 is 0 Å². The molecule has 0 spiro atoms. The summed E-state index contributed by atoms with van der Waals surface area (Å²) in [4.78, 5) is 2.19. The third-order valence-electron chi connectivity index (χ3n) is 9.25. The smallest absolute Gasteiger partial charge is 0.103 e. The van der Waals surface area contributed by atoms with Gasteiger partial charge in [0.15, 0.2) is 0 Å². The Morgan fingerprint density at radius 1 is 0.556 bits per heavy atom. The van der Waals surface area contributed by atoms with E-state index in [1.165, 1.54) is 22.3 Å². The minimum atomic E-state index is -0.166. The highest BCUT2D eigenvalue weighted by atomic mass is 15.1. The van der Waals surface area contributed by atoms with Crippen molar-refractivity contribution in [1.29, 1.82) is 10.5 Å². The van der Waals surface area contributed by atoms with Crippen LogP contribution in [0.2, 0.25) is 0 Å². The summed E-state index contributed by atoms with van der Waals surface area (Å²) in [7, 11) is 0. The number of rotatable bonds is 4. The summed E-state index contributed by atoms with van der Waals surface area (Å²) in [5.41, 5.74) is 11.0. The highest BCUT2D eigenvalue weighted by Crippen LogP contribution is 2.50. The predicted molar refractivity (Wildman–Crippen MR) is 182 cm³/mol. The number of nitriles is 2. The minimum Gasteiger partial charge on any atom is -0.310 e. The SMILES string of the molecule is CC1(C)c2ccccc2-c2ccc(N(c3ccccc3)c3cc(C#N)c(C#N)c(-n4c5ccccc5c5ccccc54)c3)cc21. The highest BCUT2D eigenvalue weighted by molar-refractivity contribution is 6.09. The van der Waals surface area contributed by atoms with Crippen LogP contribution in [0.4, 0.5) is 17.1 Å². The van der Waals surface area contributed by atoms with Crippen molar-refractivity contribution in [2.45, 2.75) is 19.3 Å². The van der Waals surface area contributed by atoms with Crippen LogP contribution in [0.15, 0.2) is 133 Å². The molecular formula is C41H28N4. The number of anilines is 3. The van der Waals surface area contributed by atoms with Gasteiger partial charge in [0, 0.05) is 33.2 Å². The van der Waals surface area contributed by atoms with Crippen LogP contribution in [-0.4, -0.2) is 4.57 Å². The molecule has 0 N–H and O–H groups in total. The second kappa shape index (κ2) is 9.98. The van der Waals surface area contributed by atoms with Crippen LogP contribution in [0.1, 0.15) is 36.1 Å². The first kappa shape index (κ1) is 26.5. The van der Waals surface area contributed by atoms with Crippen molar-refractivity contribution >= 4 is 38.9 Å². The second-order valence-electron chi connectivity index (χ2n) is 12.1. The summed E-state index contributed by atoms with van der Waals surface area (Å²) in [6.07, 6.45) is 0. The van der Waals surface area contributed by atoms with Gasteiger partial charge in [-0.05, 0) is 70.8 Å². The summed E-state index contributed by atoms with van der Waals surface area (Å²) in [5.74, 6) is 0. The average Bonchev–Trinajstić information content (AvgIpc) is 3.54. The Morgan fingerprint density at radius 3 is 1.87 bits per heavy atom. The molecule has 0 amide bonds. The molecule has 1 aliphatic carbocycles. The van der Waals surface area contributed by atoms with E-state index in [9.17, 15) is 10.5 Å². The average molecular weight is 577 g/mol. The monoisotopic (exact) mass is 576 g/mol. The fraction of sp³-hybridized carbons (Fsp3) is 0.0732. The van der Waals surface area contributed by atoms with Gasteiger partial charge in [-0.2, -0.15) is 10.5 Å². The fourth-order valence-electron chi connectivity index (χ4n) is 7.16. The largest absolute Gasteiger partial charge is 0.310 e. The normalized spacial score (nSPS) is 12.8. The summed E-state index contributed by atoms with van der Waals surface area (Å²) >= 11 is 0. The van der Waals surface area contributed by atoms with Crippen LogP contribution in [0.3, 0.4) is 0 Å². The van der Waals surface area contributed by atoms with Crippen molar-refractivity contribution in [2.75, 3.05) is 4.90 Å². The lowest BCUT2D eigenvalue weighted by atomic mass is 9.82. The lowest BCUT2D eigenvalue weighted by Gasteiger charge is -2.29. The van der Waals surface area contributed by atoms with Gasteiger partial charge in [0.2, 0.25) is 0 Å². The molecule has 0 atom stereocenters. The molecule has 0 fully saturated rings. The molecule has 8 rings (SSSR count). The molecule has 1 aromatic heterocycles. The summed E-state index contributed by atoms with van der Waals surface area (Å²) < 4.78 is 2.12. The maximum absolute atomic E-state index is 10.5. The first-order chi connectivity index (χ1) is 22.0. The molecule has 1 aliphatic rings. The van der Waals surface area contributed by atoms with E-state index in [1.54, 1.807) is 0 Å². The van der Waals surface area contributed by atoms with Crippen molar-refractivity contribution in [3.8, 4) is 29.0 Å². The van der Waals surface area contributed by atoms with Gasteiger partial charge >= 0.3 is 0 Å². The molecule has 0 radical (unpaired) electrons. The van der Waals surface area contributed by atoms with E-state index < -0.39 is 0 Å². The Hall–Kier alpha value is -6.10. The zero-order valence-corrected chi connectivity index (χ0v) is 25.0. The van der Waals surface area contributed by atoms with E-state index in [0.29, 0.717) is 16.8 Å². The molecule has 0 bridgehead atoms. The Balaban J connectivity index is 1.41. The van der Waals surface area contributed by atoms with Crippen LogP contribution in [0.25, 0.3) is 38.6 Å². The molecule has 212 valence electrons. The topological polar surface area (TPSA) is 55.8 Å². The number of nitrogens with zero attached hydrogens (tertiary/aromatic N) is 4. The van der Waals surface area contributed by atoms with Crippen molar-refractivity contribution in [3.05, 3.63) is 156 Å². The quantitative estimate of drug-likeness (QED) is 0.209. The molecule has 7 aromatic rings. The Bertz CT molecular complexity index is 2330. The van der Waals surface area contributed by atoms with E-state index >= 15 is 0 Å². The molecule has 6 aromatic carbocycles. The van der Waals surface area contributed by atoms with E-state index in [2.05, 4.69) is 120 Å². The zero-order chi connectivity index (χ0) is 30.7. The predicted octanol–water partition coefficient (Wildman–Crippen LogP) is 10.3. The van der Waals surface area contributed by atoms with Gasteiger partial charge in [0.1, 0.15) is 12.1 Å². The van der Waals surface area contributed by atoms with Crippen LogP contribution in [0, 0.1) is 22.7 Å². The van der Waals surface area contributed by atoms with Gasteiger partial charge in [-0.25, -0.2) is 0 Å². The summed E-state index contributed by atoms with van der Waals surface area (Å²) in [6.45, 7) is 4.56. The van der Waals surface area contributed by atoms with Crippen molar-refractivity contribution in [3.63, 3.8) is 0 Å². The summed E-state index contributed by atoms with van der Waals surface area (Å²) in [6, 6.07) is 50.6. The zero-order valence-electron chi connectivity index (χ0n) is 25.0. The van der Waals surface area contributed by atoms with Gasteiger partial charge in [-0.1, -0.05) is 98.8 Å². The van der Waals surface area contributed by atoms with E-state index in [1.807, 2.05) is 48.5 Å². The number of para-hydroxylation sites is 3. The third-order valence-corrected chi connectivity index (χ3v) is 9.25. The van der Waals surface area contributed by atoms with Crippen molar-refractivity contribution in [1.82, 2.24) is 4.57 Å². The maximum atomic E-state index is 10.5. The lowest BCUT2D eigenvalue weighted by molar-refractivity contribution is 0.660. The van der Waals surface area contributed by atoms with Crippen LogP contribution < -0.4 is 4.90 Å². The standard InChI is InChI=1S/C41H28N4/c1-41(2)36-17-9-6-14-31(36)32-21-20-29(23-37(32)41)44(28-12-4-3-5-13-28)30-22-27(25-42)35(26-43)40(24-30)45-38-18-10-7-15-33(38)34-16-8-11-19-39(34)45/h3-24H,1-2H3. The maximum Gasteiger partial charge on any atom is 0.103 e. The van der Waals surface area contributed by atoms with E-state index in [0.717, 1.165) is 38.9 Å². The Labute approximate surface area is 262 Å². The van der Waals surface area contributed by atoms with Crippen LogP contribution in [-0.2, 0) is 5.41 Å². The molecule has 0 unspecified atom stereocenters. The molecule has 0 saturated carbocycles. The molecule has 0 aliphatic heterocycles.